The number of fused-ring (bicyclic) bond motifs is 1. The van der Waals surface area contributed by atoms with Gasteiger partial charge in [-0.15, -0.1) is 0 Å². The number of aryl methyl sites for hydroxylation is 1. The van der Waals surface area contributed by atoms with Crippen molar-refractivity contribution in [1.82, 2.24) is 15.0 Å². The molecule has 6 heteroatoms. The van der Waals surface area contributed by atoms with Crippen LogP contribution in [0, 0.1) is 6.92 Å². The number of furan rings is 1. The molecule has 0 spiro atoms. The van der Waals surface area contributed by atoms with E-state index in [9.17, 15) is 4.79 Å². The Bertz CT molecular complexity index is 1050. The van der Waals surface area contributed by atoms with Gasteiger partial charge in [-0.05, 0) is 37.3 Å². The van der Waals surface area contributed by atoms with Gasteiger partial charge in [-0.25, -0.2) is 4.98 Å². The van der Waals surface area contributed by atoms with Gasteiger partial charge < -0.3 is 9.73 Å². The van der Waals surface area contributed by atoms with Gasteiger partial charge in [0.05, 0.1) is 11.6 Å². The SMILES string of the molecule is Cc1ccc(Nc2nc3nccc(-c4ccco4)c3c(=O)[nH]2)cc1. The first kappa shape index (κ1) is 14.2. The van der Waals surface area contributed by atoms with Crippen LogP contribution >= 0.6 is 0 Å². The minimum Gasteiger partial charge on any atom is -0.464 e. The standard InChI is InChI=1S/C18H14N4O2/c1-11-4-6-12(7-5-11)20-18-21-16-15(17(23)22-18)13(8-9-19-16)14-3-2-10-24-14/h2-10H,1H3,(H2,19,20,21,22,23). The van der Waals surface area contributed by atoms with E-state index in [2.05, 4.69) is 20.3 Å². The molecule has 0 radical (unpaired) electrons. The van der Waals surface area contributed by atoms with Gasteiger partial charge in [-0.3, -0.25) is 9.78 Å². The second-order valence-electron chi connectivity index (χ2n) is 5.44. The van der Waals surface area contributed by atoms with Crippen LogP contribution in [-0.4, -0.2) is 15.0 Å². The van der Waals surface area contributed by atoms with E-state index in [1.54, 1.807) is 30.7 Å². The van der Waals surface area contributed by atoms with Crippen molar-refractivity contribution in [3.63, 3.8) is 0 Å². The number of hydrogen-bond acceptors (Lipinski definition) is 5. The molecule has 0 atom stereocenters. The Balaban J connectivity index is 1.81. The number of aromatic nitrogens is 3. The smallest absolute Gasteiger partial charge is 0.262 e. The van der Waals surface area contributed by atoms with Crippen LogP contribution in [0.3, 0.4) is 0 Å². The van der Waals surface area contributed by atoms with E-state index in [4.69, 9.17) is 4.42 Å². The number of H-pyrrole nitrogens is 1. The van der Waals surface area contributed by atoms with Gasteiger partial charge in [-0.1, -0.05) is 17.7 Å². The molecule has 6 nitrogen and oxygen atoms in total. The highest BCUT2D eigenvalue weighted by molar-refractivity contribution is 5.90. The highest BCUT2D eigenvalue weighted by Gasteiger charge is 2.13. The van der Waals surface area contributed by atoms with Gasteiger partial charge in [0.1, 0.15) is 5.76 Å². The molecular weight excluding hydrogens is 304 g/mol. The summed E-state index contributed by atoms with van der Waals surface area (Å²) >= 11 is 0. The van der Waals surface area contributed by atoms with Crippen molar-refractivity contribution in [2.45, 2.75) is 6.92 Å². The summed E-state index contributed by atoms with van der Waals surface area (Å²) in [5.74, 6) is 0.953. The van der Waals surface area contributed by atoms with Crippen LogP contribution in [0.4, 0.5) is 11.6 Å². The molecule has 3 heterocycles. The van der Waals surface area contributed by atoms with E-state index in [0.717, 1.165) is 11.3 Å². The Hall–Kier alpha value is -3.41. The minimum atomic E-state index is -0.269. The molecular formula is C18H14N4O2. The molecule has 0 saturated carbocycles. The predicted octanol–water partition coefficient (Wildman–Crippen LogP) is 3.63. The molecule has 0 aliphatic carbocycles. The van der Waals surface area contributed by atoms with Crippen LogP contribution in [0.15, 0.2) is 64.1 Å². The monoisotopic (exact) mass is 318 g/mol. The first-order chi connectivity index (χ1) is 11.7. The fourth-order valence-corrected chi connectivity index (χ4v) is 2.53. The van der Waals surface area contributed by atoms with Crippen molar-refractivity contribution in [1.29, 1.82) is 0 Å². The summed E-state index contributed by atoms with van der Waals surface area (Å²) in [7, 11) is 0. The first-order valence-electron chi connectivity index (χ1n) is 7.47. The van der Waals surface area contributed by atoms with E-state index < -0.39 is 0 Å². The third kappa shape index (κ3) is 2.54. The fourth-order valence-electron chi connectivity index (χ4n) is 2.53. The highest BCUT2D eigenvalue weighted by Crippen LogP contribution is 2.25. The van der Waals surface area contributed by atoms with Crippen molar-refractivity contribution in [3.8, 4) is 11.3 Å². The number of anilines is 2. The molecule has 0 amide bonds. The molecule has 4 rings (SSSR count). The predicted molar refractivity (Wildman–Crippen MR) is 92.3 cm³/mol. The molecule has 0 bridgehead atoms. The zero-order chi connectivity index (χ0) is 16.5. The lowest BCUT2D eigenvalue weighted by molar-refractivity contribution is 0.583. The average Bonchev–Trinajstić information content (AvgIpc) is 3.11. The van der Waals surface area contributed by atoms with E-state index in [1.807, 2.05) is 31.2 Å². The molecule has 0 saturated heterocycles. The normalized spacial score (nSPS) is 10.9. The number of rotatable bonds is 3. The Morgan fingerprint density at radius 1 is 1.12 bits per heavy atom. The minimum absolute atomic E-state index is 0.269. The number of aromatic amines is 1. The lowest BCUT2D eigenvalue weighted by Gasteiger charge is -2.07. The fraction of sp³-hybridized carbons (Fsp3) is 0.0556. The summed E-state index contributed by atoms with van der Waals surface area (Å²) in [6.07, 6.45) is 3.18. The maximum atomic E-state index is 12.5. The van der Waals surface area contributed by atoms with E-state index in [0.29, 0.717) is 28.3 Å². The molecule has 0 fully saturated rings. The average molecular weight is 318 g/mol. The highest BCUT2D eigenvalue weighted by atomic mass is 16.3. The van der Waals surface area contributed by atoms with E-state index >= 15 is 0 Å². The second-order valence-corrected chi connectivity index (χ2v) is 5.44. The topological polar surface area (TPSA) is 83.8 Å². The summed E-state index contributed by atoms with van der Waals surface area (Å²) < 4.78 is 5.40. The molecule has 0 aliphatic rings. The summed E-state index contributed by atoms with van der Waals surface area (Å²) in [6, 6.07) is 13.1. The summed E-state index contributed by atoms with van der Waals surface area (Å²) in [5, 5.41) is 3.49. The molecule has 24 heavy (non-hydrogen) atoms. The summed E-state index contributed by atoms with van der Waals surface area (Å²) in [4.78, 5) is 23.9. The van der Waals surface area contributed by atoms with Gasteiger partial charge in [-0.2, -0.15) is 4.98 Å². The van der Waals surface area contributed by atoms with Crippen LogP contribution in [0.25, 0.3) is 22.4 Å². The summed E-state index contributed by atoms with van der Waals surface area (Å²) in [5.41, 5.74) is 2.76. The van der Waals surface area contributed by atoms with Crippen LogP contribution < -0.4 is 10.9 Å². The van der Waals surface area contributed by atoms with Gasteiger partial charge >= 0.3 is 0 Å². The number of nitrogens with one attached hydrogen (secondary N) is 2. The van der Waals surface area contributed by atoms with Crippen molar-refractivity contribution in [2.24, 2.45) is 0 Å². The lowest BCUT2D eigenvalue weighted by Crippen LogP contribution is -2.13. The van der Waals surface area contributed by atoms with Crippen LogP contribution in [-0.2, 0) is 0 Å². The summed E-state index contributed by atoms with van der Waals surface area (Å²) in [6.45, 7) is 2.01. The first-order valence-corrected chi connectivity index (χ1v) is 7.47. The molecule has 0 unspecified atom stereocenters. The number of hydrogen-bond donors (Lipinski definition) is 2. The second kappa shape index (κ2) is 5.66. The third-order valence-corrected chi connectivity index (χ3v) is 3.71. The molecule has 2 N–H and O–H groups in total. The van der Waals surface area contributed by atoms with E-state index in [1.165, 1.54) is 0 Å². The maximum absolute atomic E-state index is 12.5. The molecule has 3 aromatic heterocycles. The largest absolute Gasteiger partial charge is 0.464 e. The van der Waals surface area contributed by atoms with Crippen LogP contribution in [0.2, 0.25) is 0 Å². The Labute approximate surface area is 137 Å². The zero-order valence-electron chi connectivity index (χ0n) is 12.9. The maximum Gasteiger partial charge on any atom is 0.262 e. The Morgan fingerprint density at radius 3 is 2.71 bits per heavy atom. The lowest BCUT2D eigenvalue weighted by atomic mass is 10.1. The van der Waals surface area contributed by atoms with Gasteiger partial charge in [0, 0.05) is 17.4 Å². The third-order valence-electron chi connectivity index (χ3n) is 3.71. The quantitative estimate of drug-likeness (QED) is 0.602. The molecule has 0 aliphatic heterocycles. The van der Waals surface area contributed by atoms with E-state index in [-0.39, 0.29) is 5.56 Å². The zero-order valence-corrected chi connectivity index (χ0v) is 12.9. The van der Waals surface area contributed by atoms with Gasteiger partial charge in [0.25, 0.3) is 5.56 Å². The van der Waals surface area contributed by atoms with Gasteiger partial charge in [0.2, 0.25) is 5.95 Å². The molecule has 4 aromatic rings. The number of benzene rings is 1. The number of nitrogens with zero attached hydrogens (tertiary/aromatic N) is 2. The van der Waals surface area contributed by atoms with Crippen LogP contribution in [0.5, 0.6) is 0 Å². The Morgan fingerprint density at radius 2 is 1.96 bits per heavy atom. The van der Waals surface area contributed by atoms with Crippen molar-refractivity contribution in [2.75, 3.05) is 5.32 Å². The molecule has 1 aromatic carbocycles. The van der Waals surface area contributed by atoms with Crippen molar-refractivity contribution in [3.05, 3.63) is 70.8 Å². The van der Waals surface area contributed by atoms with Crippen molar-refractivity contribution < 1.29 is 4.42 Å². The Kier molecular flexibility index (Phi) is 3.35. The number of pyridine rings is 1. The van der Waals surface area contributed by atoms with Crippen LogP contribution in [0.1, 0.15) is 5.56 Å². The van der Waals surface area contributed by atoms with Gasteiger partial charge in [0.15, 0.2) is 5.65 Å². The molecule has 118 valence electrons. The van der Waals surface area contributed by atoms with Crippen molar-refractivity contribution >= 4 is 22.7 Å².